The summed E-state index contributed by atoms with van der Waals surface area (Å²) in [6.45, 7) is 6.90. The molecule has 0 heteroatoms. The molecule has 0 nitrogen and oxygen atoms in total. The van der Waals surface area contributed by atoms with Gasteiger partial charge in [-0.1, -0.05) is 154 Å². The van der Waals surface area contributed by atoms with Crippen LogP contribution in [0.5, 0.6) is 0 Å². The van der Waals surface area contributed by atoms with Crippen LogP contribution < -0.4 is 0 Å². The maximum atomic E-state index is 2.42. The van der Waals surface area contributed by atoms with Crippen LogP contribution >= 0.6 is 0 Å². The summed E-state index contributed by atoms with van der Waals surface area (Å²) in [6, 6.07) is 51.2. The fourth-order valence-corrected chi connectivity index (χ4v) is 6.39. The van der Waals surface area contributed by atoms with Gasteiger partial charge in [-0.25, -0.2) is 0 Å². The van der Waals surface area contributed by atoms with E-state index in [9.17, 15) is 0 Å². The van der Waals surface area contributed by atoms with Crippen LogP contribution in [0.4, 0.5) is 0 Å². The number of rotatable bonds is 3. The van der Waals surface area contributed by atoms with E-state index in [0.717, 1.165) is 0 Å². The van der Waals surface area contributed by atoms with E-state index in [1.807, 2.05) is 0 Å². The van der Waals surface area contributed by atoms with Gasteiger partial charge in [-0.05, 0) is 82.7 Å². The Kier molecular flexibility index (Phi) is 5.79. The summed E-state index contributed by atoms with van der Waals surface area (Å²) in [4.78, 5) is 0. The lowest BCUT2D eigenvalue weighted by Gasteiger charge is -2.24. The molecule has 0 bridgehead atoms. The van der Waals surface area contributed by atoms with E-state index in [2.05, 4.69) is 160 Å². The Morgan fingerprint density at radius 1 is 0.375 bits per heavy atom. The summed E-state index contributed by atoms with van der Waals surface area (Å²) in [6.07, 6.45) is 0. The second-order valence-corrected chi connectivity index (χ2v) is 11.7. The predicted octanol–water partition coefficient (Wildman–Crippen LogP) is 11.4. The van der Waals surface area contributed by atoms with Crippen molar-refractivity contribution in [1.29, 1.82) is 0 Å². The molecule has 7 aromatic rings. The Morgan fingerprint density at radius 3 is 1.52 bits per heavy atom. The van der Waals surface area contributed by atoms with Crippen LogP contribution in [0.15, 0.2) is 140 Å². The van der Waals surface area contributed by atoms with Gasteiger partial charge in [-0.15, -0.1) is 0 Å². The normalized spacial score (nSPS) is 11.9. The van der Waals surface area contributed by atoms with Crippen molar-refractivity contribution in [1.82, 2.24) is 0 Å². The maximum absolute atomic E-state index is 2.42. The van der Waals surface area contributed by atoms with Crippen LogP contribution in [0, 0.1) is 0 Å². The third-order valence-electron chi connectivity index (χ3n) is 8.19. The molecule has 0 fully saturated rings. The standard InChI is InChI=1S/C40H32/c1-40(2,3)37-23-12-11-17-31(37)30-22-13-16-27-24-25-29(26-36(27)30)39-34-20-9-7-18-32(34)38(28-14-5-4-6-15-28)33-19-8-10-21-35(33)39/h4-26H,1-3H3. The molecule has 0 atom stereocenters. The highest BCUT2D eigenvalue weighted by molar-refractivity contribution is 6.21. The summed E-state index contributed by atoms with van der Waals surface area (Å²) in [7, 11) is 0. The fourth-order valence-electron chi connectivity index (χ4n) is 6.39. The van der Waals surface area contributed by atoms with E-state index in [4.69, 9.17) is 0 Å². The average molecular weight is 513 g/mol. The lowest BCUT2D eigenvalue weighted by atomic mass is 9.80. The van der Waals surface area contributed by atoms with Gasteiger partial charge in [0.2, 0.25) is 0 Å². The Labute approximate surface area is 236 Å². The summed E-state index contributed by atoms with van der Waals surface area (Å²) in [5.74, 6) is 0. The van der Waals surface area contributed by atoms with E-state index in [1.54, 1.807) is 0 Å². The molecule has 0 spiro atoms. The molecule has 0 amide bonds. The summed E-state index contributed by atoms with van der Waals surface area (Å²) < 4.78 is 0. The highest BCUT2D eigenvalue weighted by Gasteiger charge is 2.20. The molecule has 40 heavy (non-hydrogen) atoms. The van der Waals surface area contributed by atoms with Crippen molar-refractivity contribution in [2.24, 2.45) is 0 Å². The Bertz CT molecular complexity index is 1960. The maximum Gasteiger partial charge on any atom is -0.00261 e. The van der Waals surface area contributed by atoms with Gasteiger partial charge in [-0.3, -0.25) is 0 Å². The van der Waals surface area contributed by atoms with Crippen molar-refractivity contribution < 1.29 is 0 Å². The van der Waals surface area contributed by atoms with Gasteiger partial charge in [0.25, 0.3) is 0 Å². The zero-order chi connectivity index (χ0) is 27.3. The molecule has 7 rings (SSSR count). The molecular weight excluding hydrogens is 480 g/mol. The first-order valence-corrected chi connectivity index (χ1v) is 14.1. The largest absolute Gasteiger partial charge is 0.0622 e. The summed E-state index contributed by atoms with van der Waals surface area (Å²) in [5.41, 5.74) is 9.13. The zero-order valence-electron chi connectivity index (χ0n) is 23.3. The Balaban J connectivity index is 1.56. The van der Waals surface area contributed by atoms with Crippen molar-refractivity contribution in [3.05, 3.63) is 145 Å². The van der Waals surface area contributed by atoms with Crippen molar-refractivity contribution in [2.75, 3.05) is 0 Å². The monoisotopic (exact) mass is 512 g/mol. The molecule has 0 N–H and O–H groups in total. The molecule has 192 valence electrons. The first kappa shape index (κ1) is 24.4. The van der Waals surface area contributed by atoms with Crippen LogP contribution in [0.3, 0.4) is 0 Å². The molecule has 0 aliphatic heterocycles. The minimum absolute atomic E-state index is 0.0516. The van der Waals surface area contributed by atoms with E-state index in [1.165, 1.54) is 71.3 Å². The van der Waals surface area contributed by atoms with Crippen molar-refractivity contribution in [3.8, 4) is 33.4 Å². The van der Waals surface area contributed by atoms with Crippen LogP contribution in [0.1, 0.15) is 26.3 Å². The van der Waals surface area contributed by atoms with Crippen molar-refractivity contribution in [3.63, 3.8) is 0 Å². The molecular formula is C40H32. The van der Waals surface area contributed by atoms with E-state index < -0.39 is 0 Å². The SMILES string of the molecule is CC(C)(C)c1ccccc1-c1cccc2ccc(-c3c4ccccc4c(-c4ccccc4)c4ccccc34)cc12. The quantitative estimate of drug-likeness (QED) is 0.207. The average Bonchev–Trinajstić information content (AvgIpc) is 2.99. The molecule has 0 heterocycles. The van der Waals surface area contributed by atoms with Crippen molar-refractivity contribution in [2.45, 2.75) is 26.2 Å². The molecule has 0 saturated carbocycles. The van der Waals surface area contributed by atoms with Gasteiger partial charge >= 0.3 is 0 Å². The van der Waals surface area contributed by atoms with Gasteiger partial charge in [0, 0.05) is 0 Å². The molecule has 0 saturated heterocycles. The number of fused-ring (bicyclic) bond motifs is 3. The number of hydrogen-bond donors (Lipinski definition) is 0. The molecule has 0 unspecified atom stereocenters. The minimum atomic E-state index is 0.0516. The Morgan fingerprint density at radius 2 is 0.900 bits per heavy atom. The third kappa shape index (κ3) is 4.00. The van der Waals surface area contributed by atoms with Gasteiger partial charge in [-0.2, -0.15) is 0 Å². The zero-order valence-corrected chi connectivity index (χ0v) is 23.3. The van der Waals surface area contributed by atoms with E-state index in [-0.39, 0.29) is 5.41 Å². The van der Waals surface area contributed by atoms with E-state index >= 15 is 0 Å². The predicted molar refractivity (Wildman–Crippen MR) is 174 cm³/mol. The van der Waals surface area contributed by atoms with Crippen LogP contribution in [0.25, 0.3) is 65.7 Å². The first-order valence-electron chi connectivity index (χ1n) is 14.1. The van der Waals surface area contributed by atoms with Crippen molar-refractivity contribution >= 4 is 32.3 Å². The number of benzene rings is 7. The summed E-state index contributed by atoms with van der Waals surface area (Å²) in [5, 5.41) is 7.69. The van der Waals surface area contributed by atoms with Gasteiger partial charge in [0.1, 0.15) is 0 Å². The molecule has 0 aromatic heterocycles. The topological polar surface area (TPSA) is 0 Å². The summed E-state index contributed by atoms with van der Waals surface area (Å²) >= 11 is 0. The highest BCUT2D eigenvalue weighted by atomic mass is 14.2. The second kappa shape index (κ2) is 9.50. The fraction of sp³-hybridized carbons (Fsp3) is 0.100. The molecule has 0 aliphatic carbocycles. The smallest absolute Gasteiger partial charge is 0.00261 e. The lowest BCUT2D eigenvalue weighted by Crippen LogP contribution is -2.12. The van der Waals surface area contributed by atoms with Gasteiger partial charge in [0.15, 0.2) is 0 Å². The van der Waals surface area contributed by atoms with Gasteiger partial charge in [0.05, 0.1) is 0 Å². The molecule has 0 radical (unpaired) electrons. The minimum Gasteiger partial charge on any atom is -0.0622 e. The molecule has 0 aliphatic rings. The number of hydrogen-bond acceptors (Lipinski definition) is 0. The second-order valence-electron chi connectivity index (χ2n) is 11.7. The third-order valence-corrected chi connectivity index (χ3v) is 8.19. The molecule has 7 aromatic carbocycles. The van der Waals surface area contributed by atoms with E-state index in [0.29, 0.717) is 0 Å². The Hall–Kier alpha value is -4.68. The first-order chi connectivity index (χ1) is 19.5. The lowest BCUT2D eigenvalue weighted by molar-refractivity contribution is 0.592. The van der Waals surface area contributed by atoms with Gasteiger partial charge < -0.3 is 0 Å². The highest BCUT2D eigenvalue weighted by Crippen LogP contribution is 2.45. The van der Waals surface area contributed by atoms with Crippen LogP contribution in [0.2, 0.25) is 0 Å². The van der Waals surface area contributed by atoms with Crippen LogP contribution in [-0.4, -0.2) is 0 Å². The van der Waals surface area contributed by atoms with Crippen LogP contribution in [-0.2, 0) is 5.41 Å².